The third kappa shape index (κ3) is 2.18. The van der Waals surface area contributed by atoms with Gasteiger partial charge >= 0.3 is 0 Å². The zero-order valence-electron chi connectivity index (χ0n) is 11.3. The van der Waals surface area contributed by atoms with E-state index in [1.807, 2.05) is 30.0 Å². The first-order valence-electron chi connectivity index (χ1n) is 6.31. The van der Waals surface area contributed by atoms with E-state index in [2.05, 4.69) is 0 Å². The first kappa shape index (κ1) is 13.8. The first-order valence-corrected chi connectivity index (χ1v) is 9.01. The van der Waals surface area contributed by atoms with Crippen LogP contribution in [0.25, 0.3) is 0 Å². The molecule has 0 spiro atoms. The molecule has 2 fully saturated rings. The lowest BCUT2D eigenvalue weighted by Gasteiger charge is -2.26. The van der Waals surface area contributed by atoms with E-state index < -0.39 is 9.84 Å². The minimum atomic E-state index is -3.00. The van der Waals surface area contributed by atoms with Crippen LogP contribution in [0.1, 0.15) is 5.56 Å². The Morgan fingerprint density at radius 1 is 1.40 bits per heavy atom. The minimum Gasteiger partial charge on any atom is -0.495 e. The summed E-state index contributed by atoms with van der Waals surface area (Å²) in [6.07, 6.45) is 0. The Morgan fingerprint density at radius 2 is 2.15 bits per heavy atom. The lowest BCUT2D eigenvalue weighted by Crippen LogP contribution is -2.37. The number of rotatable bonds is 2. The summed E-state index contributed by atoms with van der Waals surface area (Å²) in [6, 6.07) is 5.59. The van der Waals surface area contributed by atoms with E-state index in [0.717, 1.165) is 11.3 Å². The summed E-state index contributed by atoms with van der Waals surface area (Å²) in [5.41, 5.74) is 1.84. The molecule has 0 radical (unpaired) electrons. The number of aryl methyl sites for hydroxylation is 1. The quantitative estimate of drug-likeness (QED) is 0.899. The SMILES string of the molecule is COc1ccc(C)cc1N1C(=N)S[C@H]2CS(=O)(=O)C[C@@H]21. The maximum Gasteiger partial charge on any atom is 0.161 e. The smallest absolute Gasteiger partial charge is 0.161 e. The Morgan fingerprint density at radius 3 is 2.85 bits per heavy atom. The molecule has 108 valence electrons. The number of fused-ring (bicyclic) bond motifs is 1. The number of benzene rings is 1. The Balaban J connectivity index is 2.05. The van der Waals surface area contributed by atoms with Gasteiger partial charge in [0, 0.05) is 5.25 Å². The van der Waals surface area contributed by atoms with Crippen molar-refractivity contribution in [1.29, 1.82) is 5.41 Å². The summed E-state index contributed by atoms with van der Waals surface area (Å²) in [4.78, 5) is 1.81. The van der Waals surface area contributed by atoms with Gasteiger partial charge in [-0.15, -0.1) is 0 Å². The van der Waals surface area contributed by atoms with Gasteiger partial charge in [-0.3, -0.25) is 5.41 Å². The number of nitrogens with zero attached hydrogens (tertiary/aromatic N) is 1. The molecule has 0 saturated carbocycles. The summed E-state index contributed by atoms with van der Waals surface area (Å²) in [5, 5.41) is 8.51. The largest absolute Gasteiger partial charge is 0.495 e. The highest BCUT2D eigenvalue weighted by Gasteiger charge is 2.49. The average molecular weight is 312 g/mol. The molecule has 2 aliphatic heterocycles. The van der Waals surface area contributed by atoms with Crippen LogP contribution in [0.5, 0.6) is 5.75 Å². The number of amidine groups is 1. The number of hydrogen-bond acceptors (Lipinski definition) is 5. The molecule has 0 aromatic heterocycles. The van der Waals surface area contributed by atoms with E-state index in [0.29, 0.717) is 10.9 Å². The fourth-order valence-electron chi connectivity index (χ4n) is 2.78. The third-order valence-electron chi connectivity index (χ3n) is 3.68. The first-order chi connectivity index (χ1) is 9.41. The van der Waals surface area contributed by atoms with E-state index in [-0.39, 0.29) is 22.8 Å². The molecule has 5 nitrogen and oxygen atoms in total. The lowest BCUT2D eigenvalue weighted by atomic mass is 10.1. The van der Waals surface area contributed by atoms with Crippen LogP contribution in [0.3, 0.4) is 0 Å². The van der Waals surface area contributed by atoms with Crippen molar-refractivity contribution in [2.24, 2.45) is 0 Å². The van der Waals surface area contributed by atoms with Crippen LogP contribution in [0.2, 0.25) is 0 Å². The topological polar surface area (TPSA) is 70.5 Å². The Bertz CT molecular complexity index is 672. The second kappa shape index (κ2) is 4.66. The molecular formula is C13H16N2O3S2. The number of ether oxygens (including phenoxy) is 1. The highest BCUT2D eigenvalue weighted by Crippen LogP contribution is 2.43. The van der Waals surface area contributed by atoms with Crippen LogP contribution in [0.15, 0.2) is 18.2 Å². The Hall–Kier alpha value is -1.21. The van der Waals surface area contributed by atoms with Crippen LogP contribution in [-0.2, 0) is 9.84 Å². The van der Waals surface area contributed by atoms with Gasteiger partial charge in [-0.25, -0.2) is 8.42 Å². The predicted octanol–water partition coefficient (Wildman–Crippen LogP) is 1.66. The van der Waals surface area contributed by atoms with Crippen molar-refractivity contribution in [3.05, 3.63) is 23.8 Å². The van der Waals surface area contributed by atoms with Gasteiger partial charge < -0.3 is 9.64 Å². The van der Waals surface area contributed by atoms with Crippen LogP contribution < -0.4 is 9.64 Å². The van der Waals surface area contributed by atoms with Crippen molar-refractivity contribution in [3.8, 4) is 5.75 Å². The molecule has 2 atom stereocenters. The predicted molar refractivity (Wildman–Crippen MR) is 81.8 cm³/mol. The fraction of sp³-hybridized carbons (Fsp3) is 0.462. The normalized spacial score (nSPS) is 27.7. The third-order valence-corrected chi connectivity index (χ3v) is 6.81. The highest BCUT2D eigenvalue weighted by molar-refractivity contribution is 8.15. The molecule has 0 bridgehead atoms. The molecule has 2 saturated heterocycles. The fourth-order valence-corrected chi connectivity index (χ4v) is 6.56. The van der Waals surface area contributed by atoms with Crippen LogP contribution in [0, 0.1) is 12.3 Å². The molecule has 0 aliphatic carbocycles. The number of nitrogens with one attached hydrogen (secondary N) is 1. The average Bonchev–Trinajstić information content (AvgIpc) is 2.79. The summed E-state index contributed by atoms with van der Waals surface area (Å²) in [7, 11) is -1.41. The van der Waals surface area contributed by atoms with Gasteiger partial charge in [0.1, 0.15) is 5.75 Å². The number of anilines is 1. The summed E-state index contributed by atoms with van der Waals surface area (Å²) in [5.74, 6) is 0.949. The van der Waals surface area contributed by atoms with Gasteiger partial charge in [-0.1, -0.05) is 17.8 Å². The van der Waals surface area contributed by atoms with Crippen molar-refractivity contribution < 1.29 is 13.2 Å². The molecular weight excluding hydrogens is 296 g/mol. The summed E-state index contributed by atoms with van der Waals surface area (Å²) < 4.78 is 29.0. The molecule has 7 heteroatoms. The molecule has 2 heterocycles. The molecule has 3 rings (SSSR count). The molecule has 1 N–H and O–H groups in total. The van der Waals surface area contributed by atoms with Crippen LogP contribution in [0.4, 0.5) is 5.69 Å². The van der Waals surface area contributed by atoms with Gasteiger partial charge in [0.05, 0.1) is 30.3 Å². The number of thioether (sulfide) groups is 1. The van der Waals surface area contributed by atoms with Crippen molar-refractivity contribution in [2.45, 2.75) is 18.2 Å². The molecule has 0 amide bonds. The maximum atomic E-state index is 11.8. The maximum absolute atomic E-state index is 11.8. The monoisotopic (exact) mass is 312 g/mol. The van der Waals surface area contributed by atoms with Crippen molar-refractivity contribution >= 4 is 32.5 Å². The minimum absolute atomic E-state index is 0.0438. The number of hydrogen-bond donors (Lipinski definition) is 1. The standard InChI is InChI=1S/C13H16N2O3S2/c1-8-3-4-11(18-2)9(5-8)15-10-6-20(16,17)7-12(10)19-13(15)14/h3-5,10,12,14H,6-7H2,1-2H3/t10-,12-/m0/s1. The van der Waals surface area contributed by atoms with Gasteiger partial charge in [0.2, 0.25) is 0 Å². The van der Waals surface area contributed by atoms with Gasteiger partial charge in [-0.2, -0.15) is 0 Å². The van der Waals surface area contributed by atoms with E-state index in [4.69, 9.17) is 10.1 Å². The number of methoxy groups -OCH3 is 1. The van der Waals surface area contributed by atoms with Crippen molar-refractivity contribution in [3.63, 3.8) is 0 Å². The van der Waals surface area contributed by atoms with Crippen molar-refractivity contribution in [2.75, 3.05) is 23.5 Å². The van der Waals surface area contributed by atoms with Gasteiger partial charge in [0.15, 0.2) is 15.0 Å². The van der Waals surface area contributed by atoms with E-state index in [1.54, 1.807) is 7.11 Å². The Kier molecular flexibility index (Phi) is 3.21. The van der Waals surface area contributed by atoms with E-state index >= 15 is 0 Å². The van der Waals surface area contributed by atoms with Crippen LogP contribution >= 0.6 is 11.8 Å². The molecule has 2 aliphatic rings. The summed E-state index contributed by atoms with van der Waals surface area (Å²) in [6.45, 7) is 1.97. The molecule has 1 aromatic carbocycles. The Labute approximate surface area is 122 Å². The molecule has 1 aromatic rings. The second-order valence-corrected chi connectivity index (χ2v) is 8.53. The lowest BCUT2D eigenvalue weighted by molar-refractivity contribution is 0.415. The van der Waals surface area contributed by atoms with Crippen LogP contribution in [-0.4, -0.2) is 43.5 Å². The zero-order chi connectivity index (χ0) is 14.5. The zero-order valence-corrected chi connectivity index (χ0v) is 12.9. The summed E-state index contributed by atoms with van der Waals surface area (Å²) >= 11 is 1.34. The van der Waals surface area contributed by atoms with Crippen molar-refractivity contribution in [1.82, 2.24) is 0 Å². The molecule has 20 heavy (non-hydrogen) atoms. The van der Waals surface area contributed by atoms with E-state index in [9.17, 15) is 8.42 Å². The van der Waals surface area contributed by atoms with E-state index in [1.165, 1.54) is 11.8 Å². The van der Waals surface area contributed by atoms with Gasteiger partial charge in [-0.05, 0) is 24.6 Å². The second-order valence-electron chi connectivity index (χ2n) is 5.15. The van der Waals surface area contributed by atoms with Gasteiger partial charge in [0.25, 0.3) is 0 Å². The highest BCUT2D eigenvalue weighted by atomic mass is 32.2. The number of sulfone groups is 1. The molecule has 0 unspecified atom stereocenters.